The van der Waals surface area contributed by atoms with Crippen LogP contribution in [-0.2, 0) is 18.9 Å². The van der Waals surface area contributed by atoms with E-state index in [1.807, 2.05) is 6.07 Å². The van der Waals surface area contributed by atoms with Crippen LogP contribution in [-0.4, -0.2) is 105 Å². The first-order chi connectivity index (χ1) is 13.1. The molecule has 0 aromatic heterocycles. The first-order valence-corrected chi connectivity index (χ1v) is 9.14. The second-order valence-corrected chi connectivity index (χ2v) is 7.46. The summed E-state index contributed by atoms with van der Waals surface area (Å²) in [6.45, 7) is 4.57. The van der Waals surface area contributed by atoms with E-state index in [4.69, 9.17) is 24.2 Å². The molecule has 28 heavy (non-hydrogen) atoms. The van der Waals surface area contributed by atoms with E-state index in [-0.39, 0.29) is 12.5 Å². The summed E-state index contributed by atoms with van der Waals surface area (Å²) in [7, 11) is 0. The summed E-state index contributed by atoms with van der Waals surface area (Å²) in [6, 6.07) is 1.92. The zero-order valence-corrected chi connectivity index (χ0v) is 15.9. The van der Waals surface area contributed by atoms with Gasteiger partial charge in [0, 0.05) is 0 Å². The van der Waals surface area contributed by atoms with Gasteiger partial charge in [-0.25, -0.2) is 0 Å². The molecule has 11 unspecified atom stereocenters. The largest absolute Gasteiger partial charge is 0.388 e. The lowest BCUT2D eigenvalue weighted by molar-refractivity contribution is -0.332. The van der Waals surface area contributed by atoms with Crippen molar-refractivity contribution in [1.29, 1.82) is 5.26 Å². The lowest BCUT2D eigenvalue weighted by atomic mass is 9.98. The molecule has 0 radical (unpaired) electrons. The third-order valence-corrected chi connectivity index (χ3v) is 4.92. The average Bonchev–Trinajstić information content (AvgIpc) is 2.66. The summed E-state index contributed by atoms with van der Waals surface area (Å²) in [5, 5.41) is 68.9. The molecule has 2 aliphatic rings. The number of aliphatic hydroxyl groups excluding tert-OH is 6. The maximum Gasteiger partial charge on any atom is 0.188 e. The first kappa shape index (κ1) is 23.4. The highest BCUT2D eigenvalue weighted by Crippen LogP contribution is 2.27. The first-order valence-electron chi connectivity index (χ1n) is 9.14. The van der Waals surface area contributed by atoms with Gasteiger partial charge < -0.3 is 49.6 Å². The molecule has 0 aromatic rings. The molecule has 0 spiro atoms. The molecule has 2 fully saturated rings. The molecule has 0 aliphatic carbocycles. The number of hydrogen-bond donors (Lipinski definition) is 6. The van der Waals surface area contributed by atoms with Gasteiger partial charge in [0.25, 0.3) is 0 Å². The monoisotopic (exact) mass is 407 g/mol. The van der Waals surface area contributed by atoms with Crippen LogP contribution in [0.25, 0.3) is 0 Å². The fourth-order valence-electron chi connectivity index (χ4n) is 2.99. The molecule has 0 bridgehead atoms. The molecule has 6 N–H and O–H groups in total. The minimum Gasteiger partial charge on any atom is -0.388 e. The van der Waals surface area contributed by atoms with Crippen LogP contribution in [0.5, 0.6) is 0 Å². The molecule has 0 aromatic carbocycles. The van der Waals surface area contributed by atoms with E-state index in [1.54, 1.807) is 13.8 Å². The van der Waals surface area contributed by atoms with Crippen LogP contribution in [0, 0.1) is 17.2 Å². The summed E-state index contributed by atoms with van der Waals surface area (Å²) >= 11 is 0. The van der Waals surface area contributed by atoms with Crippen LogP contribution < -0.4 is 0 Å². The number of rotatable bonds is 6. The zero-order chi connectivity index (χ0) is 21.2. The maximum atomic E-state index is 10.1. The molecule has 11 atom stereocenters. The Hall–Kier alpha value is -0.910. The molecule has 0 saturated carbocycles. The van der Waals surface area contributed by atoms with E-state index < -0.39 is 67.5 Å². The van der Waals surface area contributed by atoms with Gasteiger partial charge in [0.2, 0.25) is 0 Å². The van der Waals surface area contributed by atoms with Gasteiger partial charge in [-0.1, -0.05) is 13.8 Å². The Balaban J connectivity index is 2.01. The molecule has 2 saturated heterocycles. The van der Waals surface area contributed by atoms with E-state index in [1.165, 1.54) is 6.92 Å². The van der Waals surface area contributed by atoms with Crippen LogP contribution in [0.4, 0.5) is 0 Å². The van der Waals surface area contributed by atoms with Crippen molar-refractivity contribution in [2.75, 3.05) is 6.61 Å². The van der Waals surface area contributed by atoms with Crippen molar-refractivity contribution < 1.29 is 49.6 Å². The van der Waals surface area contributed by atoms with Crippen molar-refractivity contribution in [3.63, 3.8) is 0 Å². The van der Waals surface area contributed by atoms with Crippen molar-refractivity contribution in [2.45, 2.75) is 88.3 Å². The number of nitrogens with zero attached hydrogens (tertiary/aromatic N) is 1. The molecule has 162 valence electrons. The van der Waals surface area contributed by atoms with Crippen molar-refractivity contribution >= 4 is 0 Å². The molecule has 11 nitrogen and oxygen atoms in total. The van der Waals surface area contributed by atoms with Gasteiger partial charge in [0.15, 0.2) is 12.6 Å². The van der Waals surface area contributed by atoms with Crippen LogP contribution >= 0.6 is 0 Å². The molecule has 2 aliphatic heterocycles. The third kappa shape index (κ3) is 4.98. The second kappa shape index (κ2) is 9.73. The highest BCUT2D eigenvalue weighted by atomic mass is 16.7. The number of ether oxygens (including phenoxy) is 4. The molecule has 11 heteroatoms. The number of aliphatic hydroxyl groups is 6. The van der Waals surface area contributed by atoms with Gasteiger partial charge in [-0.05, 0) is 12.8 Å². The van der Waals surface area contributed by atoms with Crippen molar-refractivity contribution in [3.8, 4) is 6.07 Å². The highest BCUT2D eigenvalue weighted by molar-refractivity contribution is 4.93. The summed E-state index contributed by atoms with van der Waals surface area (Å²) in [5.74, 6) is -0.209. The van der Waals surface area contributed by atoms with E-state index in [2.05, 4.69) is 0 Å². The van der Waals surface area contributed by atoms with Gasteiger partial charge in [0.1, 0.15) is 48.8 Å². The Morgan fingerprint density at radius 1 is 0.857 bits per heavy atom. The lowest BCUT2D eigenvalue weighted by Crippen LogP contribution is -2.61. The average molecular weight is 407 g/mol. The summed E-state index contributed by atoms with van der Waals surface area (Å²) in [4.78, 5) is 0. The van der Waals surface area contributed by atoms with Gasteiger partial charge in [-0.2, -0.15) is 5.26 Å². The highest BCUT2D eigenvalue weighted by Gasteiger charge is 2.47. The Morgan fingerprint density at radius 3 is 2.00 bits per heavy atom. The van der Waals surface area contributed by atoms with Gasteiger partial charge in [-0.3, -0.25) is 0 Å². The third-order valence-electron chi connectivity index (χ3n) is 4.92. The Morgan fingerprint density at radius 2 is 1.43 bits per heavy atom. The Labute approximate surface area is 162 Å². The molecule has 2 rings (SSSR count). The number of nitriles is 1. The summed E-state index contributed by atoms with van der Waals surface area (Å²) < 4.78 is 21.5. The van der Waals surface area contributed by atoms with E-state index >= 15 is 0 Å². The van der Waals surface area contributed by atoms with Crippen molar-refractivity contribution in [1.82, 2.24) is 0 Å². The lowest BCUT2D eigenvalue weighted by Gasteiger charge is -2.42. The van der Waals surface area contributed by atoms with Gasteiger partial charge in [0.05, 0.1) is 18.8 Å². The molecule has 0 amide bonds. The van der Waals surface area contributed by atoms with E-state index in [0.29, 0.717) is 0 Å². The Bertz CT molecular complexity index is 543. The van der Waals surface area contributed by atoms with Crippen LogP contribution in [0.1, 0.15) is 20.8 Å². The van der Waals surface area contributed by atoms with E-state index in [0.717, 1.165) is 0 Å². The van der Waals surface area contributed by atoms with E-state index in [9.17, 15) is 30.6 Å². The summed E-state index contributed by atoms with van der Waals surface area (Å²) in [6.07, 6.45) is -14.7. The van der Waals surface area contributed by atoms with Crippen LogP contribution in [0.3, 0.4) is 0 Å². The van der Waals surface area contributed by atoms with Gasteiger partial charge in [-0.15, -0.1) is 0 Å². The molecule has 2 heterocycles. The SMILES string of the molecule is CC(C)C(C#N)OC1OC(COC2OC(C)C(O)C(O)C2O)C(O)C(O)C1O. The summed E-state index contributed by atoms with van der Waals surface area (Å²) in [5.41, 5.74) is 0. The quantitative estimate of drug-likeness (QED) is 0.267. The smallest absolute Gasteiger partial charge is 0.188 e. The van der Waals surface area contributed by atoms with Crippen molar-refractivity contribution in [2.24, 2.45) is 5.92 Å². The predicted octanol–water partition coefficient (Wildman–Crippen LogP) is -2.80. The fourth-order valence-corrected chi connectivity index (χ4v) is 2.99. The Kier molecular flexibility index (Phi) is 8.12. The predicted molar refractivity (Wildman–Crippen MR) is 90.3 cm³/mol. The second-order valence-electron chi connectivity index (χ2n) is 7.46. The fraction of sp³-hybridized carbons (Fsp3) is 0.941. The van der Waals surface area contributed by atoms with Crippen molar-refractivity contribution in [3.05, 3.63) is 0 Å². The number of hydrogen-bond acceptors (Lipinski definition) is 11. The minimum absolute atomic E-state index is 0.209. The van der Waals surface area contributed by atoms with Crippen LogP contribution in [0.15, 0.2) is 0 Å². The molecular formula is C17H29NO10. The minimum atomic E-state index is -1.62. The standard InChI is InChI=1S/C17H29NO10/c1-6(2)8(4-18)27-17-15(24)13(22)11(20)9(28-17)5-25-16-14(23)12(21)10(19)7(3)26-16/h6-17,19-24H,5H2,1-3H3. The maximum absolute atomic E-state index is 10.1. The van der Waals surface area contributed by atoms with Crippen LogP contribution in [0.2, 0.25) is 0 Å². The van der Waals surface area contributed by atoms with Gasteiger partial charge >= 0.3 is 0 Å². The normalized spacial score (nSPS) is 45.6. The zero-order valence-electron chi connectivity index (χ0n) is 15.9. The topological polar surface area (TPSA) is 182 Å². The molecular weight excluding hydrogens is 378 g/mol.